The zero-order valence-corrected chi connectivity index (χ0v) is 19.5. The van der Waals surface area contributed by atoms with E-state index in [4.69, 9.17) is 22.3 Å². The van der Waals surface area contributed by atoms with Crippen LogP contribution < -0.4 is 33.2 Å². The van der Waals surface area contributed by atoms with E-state index in [9.17, 15) is 24.3 Å². The number of carboxylic acid groups (broad SMARTS) is 1. The molecule has 0 heterocycles. The second kappa shape index (κ2) is 16.4. The molecule has 0 radical (unpaired) electrons. The van der Waals surface area contributed by atoms with Crippen molar-refractivity contribution in [1.82, 2.24) is 16.0 Å². The van der Waals surface area contributed by atoms with Crippen LogP contribution in [0.5, 0.6) is 0 Å². The lowest BCUT2D eigenvalue weighted by Gasteiger charge is -2.24. The normalized spacial score (nSPS) is 14.4. The van der Waals surface area contributed by atoms with Gasteiger partial charge in [-0.2, -0.15) is 24.4 Å². The molecule has 3 amide bonds. The van der Waals surface area contributed by atoms with Gasteiger partial charge in [-0.15, -0.1) is 0 Å². The first-order chi connectivity index (χ1) is 15.1. The molecule has 0 aromatic rings. The molecule has 0 bridgehead atoms. The van der Waals surface area contributed by atoms with Gasteiger partial charge in [0.15, 0.2) is 5.96 Å². The summed E-state index contributed by atoms with van der Waals surface area (Å²) in [5.74, 6) is -3.20. The standard InChI is InChI=1S/C17H33N7O6S2/c1-32-6-4-9(18)13(26)22-10(3-2-5-21-17(19)20)14(27)23-11(7-25)15(28)24-12(8-31)16(29)30/h9-12,25,31H,2-8,18H2,1H3,(H,22,26)(H,23,27)(H,24,28)(H,29,30)(H4,19,20,21). The maximum Gasteiger partial charge on any atom is 0.327 e. The summed E-state index contributed by atoms with van der Waals surface area (Å²) in [6, 6.07) is -4.66. The van der Waals surface area contributed by atoms with Gasteiger partial charge < -0.3 is 43.4 Å². The third-order valence-electron chi connectivity index (χ3n) is 4.16. The van der Waals surface area contributed by atoms with Crippen LogP contribution in [-0.2, 0) is 19.2 Å². The lowest BCUT2D eigenvalue weighted by atomic mass is 10.1. The number of nitrogens with two attached hydrogens (primary N) is 3. The minimum absolute atomic E-state index is 0.122. The zero-order valence-electron chi connectivity index (χ0n) is 17.8. The molecule has 4 atom stereocenters. The largest absolute Gasteiger partial charge is 0.480 e. The summed E-state index contributed by atoms with van der Waals surface area (Å²) in [4.78, 5) is 52.2. The molecule has 32 heavy (non-hydrogen) atoms. The summed E-state index contributed by atoms with van der Waals surface area (Å²) in [7, 11) is 0. The van der Waals surface area contributed by atoms with Gasteiger partial charge in [-0.05, 0) is 31.3 Å². The predicted octanol–water partition coefficient (Wildman–Crippen LogP) is -3.42. The maximum absolute atomic E-state index is 12.7. The van der Waals surface area contributed by atoms with Gasteiger partial charge in [0.2, 0.25) is 17.7 Å². The van der Waals surface area contributed by atoms with Crippen LogP contribution in [0.4, 0.5) is 0 Å². The van der Waals surface area contributed by atoms with Crippen molar-refractivity contribution >= 4 is 54.0 Å². The number of nitrogens with one attached hydrogen (secondary N) is 3. The fourth-order valence-electron chi connectivity index (χ4n) is 2.35. The fourth-order valence-corrected chi connectivity index (χ4v) is 3.09. The smallest absolute Gasteiger partial charge is 0.327 e. The molecule has 0 fully saturated rings. The molecule has 0 aromatic carbocycles. The fraction of sp³-hybridized carbons (Fsp3) is 0.706. The molecule has 0 saturated heterocycles. The van der Waals surface area contributed by atoms with Crippen LogP contribution in [0.25, 0.3) is 0 Å². The molecule has 0 rings (SSSR count). The highest BCUT2D eigenvalue weighted by Crippen LogP contribution is 2.03. The Labute approximate surface area is 196 Å². The number of carbonyl (C=O) groups is 4. The van der Waals surface area contributed by atoms with Crippen molar-refractivity contribution in [1.29, 1.82) is 0 Å². The maximum atomic E-state index is 12.7. The Bertz CT molecular complexity index is 663. The molecule has 0 aliphatic carbocycles. The van der Waals surface area contributed by atoms with Crippen molar-refractivity contribution in [3.8, 4) is 0 Å². The van der Waals surface area contributed by atoms with Crippen LogP contribution >= 0.6 is 24.4 Å². The molecule has 0 saturated carbocycles. The van der Waals surface area contributed by atoms with E-state index in [0.29, 0.717) is 18.6 Å². The number of carboxylic acids is 1. The first kappa shape index (κ1) is 29.8. The number of carbonyl (C=O) groups excluding carboxylic acids is 3. The molecular weight excluding hydrogens is 462 g/mol. The quantitative estimate of drug-likeness (QED) is 0.0445. The molecule has 0 aromatic heterocycles. The molecule has 15 heteroatoms. The van der Waals surface area contributed by atoms with Gasteiger partial charge >= 0.3 is 5.97 Å². The topological polar surface area (TPSA) is 235 Å². The first-order valence-corrected chi connectivity index (χ1v) is 11.8. The third kappa shape index (κ3) is 12.0. The van der Waals surface area contributed by atoms with E-state index in [1.807, 2.05) is 6.26 Å². The van der Waals surface area contributed by atoms with Gasteiger partial charge in [-0.3, -0.25) is 19.4 Å². The van der Waals surface area contributed by atoms with Crippen molar-refractivity contribution in [2.24, 2.45) is 22.2 Å². The van der Waals surface area contributed by atoms with Crippen LogP contribution in [-0.4, -0.2) is 94.9 Å². The van der Waals surface area contributed by atoms with E-state index in [1.165, 1.54) is 11.8 Å². The van der Waals surface area contributed by atoms with E-state index < -0.39 is 54.5 Å². The van der Waals surface area contributed by atoms with E-state index in [0.717, 1.165) is 0 Å². The summed E-state index contributed by atoms with van der Waals surface area (Å²) in [6.45, 7) is -0.592. The van der Waals surface area contributed by atoms with E-state index in [2.05, 4.69) is 33.6 Å². The van der Waals surface area contributed by atoms with Crippen LogP contribution in [0, 0.1) is 0 Å². The van der Waals surface area contributed by atoms with Crippen LogP contribution in [0.3, 0.4) is 0 Å². The second-order valence-corrected chi connectivity index (χ2v) is 8.07. The Morgan fingerprint density at radius 3 is 2.06 bits per heavy atom. The van der Waals surface area contributed by atoms with Gasteiger partial charge in [0.25, 0.3) is 0 Å². The van der Waals surface area contributed by atoms with Crippen LogP contribution in [0.2, 0.25) is 0 Å². The molecule has 0 aliphatic rings. The number of nitrogens with zero attached hydrogens (tertiary/aromatic N) is 1. The Hall–Kier alpha value is -2.23. The highest BCUT2D eigenvalue weighted by molar-refractivity contribution is 7.98. The number of hydrogen-bond donors (Lipinski definition) is 9. The molecule has 13 nitrogen and oxygen atoms in total. The van der Waals surface area contributed by atoms with E-state index in [1.54, 1.807) is 0 Å². The number of thioether (sulfide) groups is 1. The van der Waals surface area contributed by atoms with Gasteiger partial charge in [0.1, 0.15) is 18.1 Å². The average Bonchev–Trinajstić information content (AvgIpc) is 2.74. The summed E-state index contributed by atoms with van der Waals surface area (Å²) >= 11 is 5.36. The molecular formula is C17H33N7O6S2. The van der Waals surface area contributed by atoms with E-state index >= 15 is 0 Å². The van der Waals surface area contributed by atoms with Gasteiger partial charge in [0, 0.05) is 12.3 Å². The molecule has 184 valence electrons. The highest BCUT2D eigenvalue weighted by Gasteiger charge is 2.29. The zero-order chi connectivity index (χ0) is 24.7. The number of aliphatic hydroxyl groups excluding tert-OH is 1. The number of hydrogen-bond acceptors (Lipinski definition) is 9. The van der Waals surface area contributed by atoms with Crippen LogP contribution in [0.1, 0.15) is 19.3 Å². The lowest BCUT2D eigenvalue weighted by molar-refractivity contribution is -0.142. The van der Waals surface area contributed by atoms with Crippen molar-refractivity contribution < 1.29 is 29.4 Å². The SMILES string of the molecule is CSCCC(N)C(=O)NC(CCCN=C(N)N)C(=O)NC(CO)C(=O)NC(CS)C(=O)O. The van der Waals surface area contributed by atoms with Crippen molar-refractivity contribution in [2.45, 2.75) is 43.4 Å². The number of rotatable bonds is 16. The summed E-state index contributed by atoms with van der Waals surface area (Å²) in [6.07, 6.45) is 2.72. The Balaban J connectivity index is 5.23. The predicted molar refractivity (Wildman–Crippen MR) is 125 cm³/mol. The number of aliphatic imine (C=N–C) groups is 1. The molecule has 0 spiro atoms. The van der Waals surface area contributed by atoms with Crippen molar-refractivity contribution in [2.75, 3.05) is 30.9 Å². The van der Waals surface area contributed by atoms with E-state index in [-0.39, 0.29) is 24.7 Å². The molecule has 0 aliphatic heterocycles. The first-order valence-electron chi connectivity index (χ1n) is 9.72. The van der Waals surface area contributed by atoms with Gasteiger partial charge in [-0.25, -0.2) is 4.79 Å². The second-order valence-electron chi connectivity index (χ2n) is 6.72. The van der Waals surface area contributed by atoms with Crippen molar-refractivity contribution in [3.63, 3.8) is 0 Å². The monoisotopic (exact) mass is 495 g/mol. The van der Waals surface area contributed by atoms with Crippen LogP contribution in [0.15, 0.2) is 4.99 Å². The number of thiol groups is 1. The Kier molecular flexibility index (Phi) is 15.3. The number of aliphatic hydroxyl groups is 1. The minimum atomic E-state index is -1.44. The number of amides is 3. The summed E-state index contributed by atoms with van der Waals surface area (Å²) in [5.41, 5.74) is 16.4. The van der Waals surface area contributed by atoms with Crippen molar-refractivity contribution in [3.05, 3.63) is 0 Å². The molecule has 4 unspecified atom stereocenters. The number of guanidine groups is 1. The minimum Gasteiger partial charge on any atom is -0.480 e. The van der Waals surface area contributed by atoms with Gasteiger partial charge in [0.05, 0.1) is 12.6 Å². The Morgan fingerprint density at radius 2 is 1.56 bits per heavy atom. The summed E-state index contributed by atoms with van der Waals surface area (Å²) in [5, 5.41) is 25.5. The highest BCUT2D eigenvalue weighted by atomic mass is 32.2. The lowest BCUT2D eigenvalue weighted by Crippen LogP contribution is -2.58. The molecule has 11 N–H and O–H groups in total. The average molecular weight is 496 g/mol. The third-order valence-corrected chi connectivity index (χ3v) is 5.17. The summed E-state index contributed by atoms with van der Waals surface area (Å²) < 4.78 is 0. The Morgan fingerprint density at radius 1 is 1.00 bits per heavy atom. The van der Waals surface area contributed by atoms with Gasteiger partial charge in [-0.1, -0.05) is 0 Å². The number of aliphatic carboxylic acids is 1.